The van der Waals surface area contributed by atoms with Crippen molar-refractivity contribution in [2.24, 2.45) is 0 Å². The fourth-order valence-electron chi connectivity index (χ4n) is 3.68. The molecule has 0 fully saturated rings. The number of para-hydroxylation sites is 2. The van der Waals surface area contributed by atoms with Crippen LogP contribution in [-0.4, -0.2) is 23.6 Å². The molecule has 0 bridgehead atoms. The summed E-state index contributed by atoms with van der Waals surface area (Å²) < 4.78 is 11.5. The van der Waals surface area contributed by atoms with Crippen molar-refractivity contribution in [3.05, 3.63) is 88.2 Å². The van der Waals surface area contributed by atoms with Gasteiger partial charge in [-0.2, -0.15) is 0 Å². The summed E-state index contributed by atoms with van der Waals surface area (Å²) in [4.78, 5) is 8.00. The number of fused-ring (bicyclic) bond motifs is 1. The van der Waals surface area contributed by atoms with Gasteiger partial charge < -0.3 is 19.8 Å². The van der Waals surface area contributed by atoms with Crippen LogP contribution in [0.25, 0.3) is 11.0 Å². The third-order valence-corrected chi connectivity index (χ3v) is 5.68. The van der Waals surface area contributed by atoms with E-state index in [2.05, 4.69) is 34.3 Å². The summed E-state index contributed by atoms with van der Waals surface area (Å²) in [5.74, 6) is 2.34. The van der Waals surface area contributed by atoms with Crippen LogP contribution < -0.4 is 14.8 Å². The molecule has 0 aliphatic heterocycles. The lowest BCUT2D eigenvalue weighted by atomic mass is 10.1. The zero-order valence-corrected chi connectivity index (χ0v) is 19.2. The number of imidazole rings is 1. The van der Waals surface area contributed by atoms with E-state index < -0.39 is 0 Å². The third-order valence-electron chi connectivity index (χ3n) is 5.33. The number of benzene rings is 3. The van der Waals surface area contributed by atoms with E-state index in [1.165, 1.54) is 5.56 Å². The van der Waals surface area contributed by atoms with Crippen LogP contribution in [0.15, 0.2) is 60.7 Å². The predicted molar refractivity (Wildman–Crippen MR) is 130 cm³/mol. The van der Waals surface area contributed by atoms with Gasteiger partial charge >= 0.3 is 0 Å². The molecule has 0 aliphatic carbocycles. The number of aromatic amines is 1. The lowest BCUT2D eigenvalue weighted by Crippen LogP contribution is -2.16. The summed E-state index contributed by atoms with van der Waals surface area (Å²) in [6.45, 7) is 4.06. The number of methoxy groups -OCH3 is 1. The molecule has 1 heterocycles. The van der Waals surface area contributed by atoms with Gasteiger partial charge in [-0.1, -0.05) is 53.6 Å². The molecule has 0 unspecified atom stereocenters. The van der Waals surface area contributed by atoms with Crippen molar-refractivity contribution in [1.82, 2.24) is 15.3 Å². The Balaban J connectivity index is 1.29. The maximum Gasteiger partial charge on any atom is 0.163 e. The highest BCUT2D eigenvalue weighted by atomic mass is 35.5. The molecule has 1 aromatic heterocycles. The second kappa shape index (κ2) is 10.5. The predicted octanol–water partition coefficient (Wildman–Crippen LogP) is 5.83. The summed E-state index contributed by atoms with van der Waals surface area (Å²) in [7, 11) is 1.65. The molecule has 0 spiro atoms. The molecule has 0 saturated heterocycles. The topological polar surface area (TPSA) is 59.2 Å². The Labute approximate surface area is 193 Å². The summed E-state index contributed by atoms with van der Waals surface area (Å²) in [6.07, 6.45) is 1.87. The van der Waals surface area contributed by atoms with Gasteiger partial charge in [-0.3, -0.25) is 0 Å². The number of rotatable bonds is 10. The molecule has 0 radical (unpaired) electrons. The maximum absolute atomic E-state index is 6.53. The van der Waals surface area contributed by atoms with Crippen molar-refractivity contribution in [2.45, 2.75) is 32.9 Å². The number of nitrogens with zero attached hydrogens (tertiary/aromatic N) is 1. The van der Waals surface area contributed by atoms with E-state index in [9.17, 15) is 0 Å². The molecule has 5 nitrogen and oxygen atoms in total. The smallest absolute Gasteiger partial charge is 0.163 e. The van der Waals surface area contributed by atoms with E-state index in [1.807, 2.05) is 48.5 Å². The number of ether oxygens (including phenoxy) is 2. The minimum atomic E-state index is 0.466. The Kier molecular flexibility index (Phi) is 7.30. The van der Waals surface area contributed by atoms with Gasteiger partial charge in [0.25, 0.3) is 0 Å². The van der Waals surface area contributed by atoms with E-state index >= 15 is 0 Å². The first kappa shape index (κ1) is 22.2. The first-order valence-electron chi connectivity index (χ1n) is 10.8. The highest BCUT2D eigenvalue weighted by molar-refractivity contribution is 6.31. The minimum Gasteiger partial charge on any atom is -0.493 e. The van der Waals surface area contributed by atoms with Crippen LogP contribution in [0.1, 0.15) is 28.9 Å². The monoisotopic (exact) mass is 449 g/mol. The third kappa shape index (κ3) is 5.61. The Morgan fingerprint density at radius 1 is 1.03 bits per heavy atom. The number of hydrogen-bond acceptors (Lipinski definition) is 4. The van der Waals surface area contributed by atoms with Crippen LogP contribution in [-0.2, 0) is 19.6 Å². The quantitative estimate of drug-likeness (QED) is 0.299. The fourth-order valence-corrected chi connectivity index (χ4v) is 3.90. The van der Waals surface area contributed by atoms with Gasteiger partial charge in [0.15, 0.2) is 11.5 Å². The maximum atomic E-state index is 6.53. The minimum absolute atomic E-state index is 0.466. The van der Waals surface area contributed by atoms with Gasteiger partial charge in [0.2, 0.25) is 0 Å². The van der Waals surface area contributed by atoms with Crippen LogP contribution in [0.2, 0.25) is 5.02 Å². The Bertz CT molecular complexity index is 1160. The fraction of sp³-hybridized carbons (Fsp3) is 0.269. The first-order valence-corrected chi connectivity index (χ1v) is 11.2. The average molecular weight is 450 g/mol. The summed E-state index contributed by atoms with van der Waals surface area (Å²) in [5, 5.41) is 4.12. The second-order valence-corrected chi connectivity index (χ2v) is 8.26. The van der Waals surface area contributed by atoms with Crippen LogP contribution in [0.5, 0.6) is 11.5 Å². The molecular weight excluding hydrogens is 422 g/mol. The van der Waals surface area contributed by atoms with Crippen LogP contribution in [0.3, 0.4) is 0 Å². The molecule has 32 heavy (non-hydrogen) atoms. The molecule has 3 aromatic carbocycles. The highest BCUT2D eigenvalue weighted by Crippen LogP contribution is 2.34. The molecule has 6 heteroatoms. The van der Waals surface area contributed by atoms with E-state index in [4.69, 9.17) is 21.1 Å². The number of aryl methyl sites for hydroxylation is 2. The zero-order valence-electron chi connectivity index (χ0n) is 18.5. The first-order chi connectivity index (χ1) is 15.6. The van der Waals surface area contributed by atoms with Gasteiger partial charge in [-0.15, -0.1) is 0 Å². The van der Waals surface area contributed by atoms with Crippen molar-refractivity contribution in [2.75, 3.05) is 13.7 Å². The van der Waals surface area contributed by atoms with E-state index in [0.29, 0.717) is 29.7 Å². The van der Waals surface area contributed by atoms with Crippen molar-refractivity contribution in [1.29, 1.82) is 0 Å². The normalized spacial score (nSPS) is 11.1. The highest BCUT2D eigenvalue weighted by Gasteiger charge is 2.11. The molecule has 4 rings (SSSR count). The molecule has 0 aliphatic rings. The Hall–Kier alpha value is -3.02. The number of aromatic nitrogens is 2. The molecule has 2 N–H and O–H groups in total. The number of nitrogens with one attached hydrogen (secondary N) is 2. The standard InChI is InChI=1S/C26H28ClN3O2/c1-18-7-5-8-19(13-18)17-32-25-15-21(27)20(14-24(25)31-2)16-28-12-6-11-26-29-22-9-3-4-10-23(22)30-26/h3-5,7-10,13-15,28H,6,11-12,16-17H2,1-2H3,(H,29,30). The molecule has 166 valence electrons. The van der Waals surface area contributed by atoms with Crippen molar-refractivity contribution in [3.63, 3.8) is 0 Å². The van der Waals surface area contributed by atoms with Crippen molar-refractivity contribution in [3.8, 4) is 11.5 Å². The molecule has 0 atom stereocenters. The Morgan fingerprint density at radius 2 is 1.91 bits per heavy atom. The lowest BCUT2D eigenvalue weighted by molar-refractivity contribution is 0.284. The van der Waals surface area contributed by atoms with Crippen LogP contribution >= 0.6 is 11.6 Å². The van der Waals surface area contributed by atoms with Crippen LogP contribution in [0.4, 0.5) is 0 Å². The van der Waals surface area contributed by atoms with Gasteiger partial charge in [0, 0.05) is 24.1 Å². The van der Waals surface area contributed by atoms with E-state index in [0.717, 1.165) is 47.4 Å². The largest absolute Gasteiger partial charge is 0.493 e. The number of H-pyrrole nitrogens is 1. The lowest BCUT2D eigenvalue weighted by Gasteiger charge is -2.14. The van der Waals surface area contributed by atoms with Crippen molar-refractivity contribution >= 4 is 22.6 Å². The van der Waals surface area contributed by atoms with Gasteiger partial charge in [-0.05, 0) is 49.2 Å². The number of hydrogen-bond donors (Lipinski definition) is 2. The van der Waals surface area contributed by atoms with Crippen LogP contribution in [0, 0.1) is 6.92 Å². The zero-order chi connectivity index (χ0) is 22.3. The average Bonchev–Trinajstić information content (AvgIpc) is 3.21. The molecule has 0 amide bonds. The van der Waals surface area contributed by atoms with Gasteiger partial charge in [0.05, 0.1) is 18.1 Å². The molecular formula is C26H28ClN3O2. The number of halogens is 1. The second-order valence-electron chi connectivity index (χ2n) is 7.85. The van der Waals surface area contributed by atoms with E-state index in [1.54, 1.807) is 7.11 Å². The molecule has 4 aromatic rings. The summed E-state index contributed by atoms with van der Waals surface area (Å²) in [5.41, 5.74) is 5.39. The van der Waals surface area contributed by atoms with Crippen molar-refractivity contribution < 1.29 is 9.47 Å². The molecule has 0 saturated carbocycles. The SMILES string of the molecule is COc1cc(CNCCCc2nc3ccccc3[nH]2)c(Cl)cc1OCc1cccc(C)c1. The summed E-state index contributed by atoms with van der Waals surface area (Å²) >= 11 is 6.53. The van der Waals surface area contributed by atoms with Gasteiger partial charge in [0.1, 0.15) is 12.4 Å². The Morgan fingerprint density at radius 3 is 2.72 bits per heavy atom. The summed E-state index contributed by atoms with van der Waals surface area (Å²) in [6, 6.07) is 20.1. The van der Waals surface area contributed by atoms with Gasteiger partial charge in [-0.25, -0.2) is 4.98 Å². The van der Waals surface area contributed by atoms with E-state index in [-0.39, 0.29) is 0 Å².